The van der Waals surface area contributed by atoms with Crippen LogP contribution in [0.25, 0.3) is 0 Å². The van der Waals surface area contributed by atoms with Crippen molar-refractivity contribution in [2.75, 3.05) is 26.2 Å². The molecule has 0 saturated carbocycles. The number of piperidine rings is 2. The molecule has 24 heavy (non-hydrogen) atoms. The van der Waals surface area contributed by atoms with E-state index in [9.17, 15) is 4.79 Å². The van der Waals surface area contributed by atoms with Crippen LogP contribution in [0.4, 0.5) is 0 Å². The van der Waals surface area contributed by atoms with Crippen molar-refractivity contribution < 1.29 is 9.32 Å². The average Bonchev–Trinajstić information content (AvgIpc) is 3.04. The van der Waals surface area contributed by atoms with E-state index >= 15 is 0 Å². The van der Waals surface area contributed by atoms with Gasteiger partial charge in [0.05, 0.1) is 6.54 Å². The minimum absolute atomic E-state index is 0.261. The number of hydrogen-bond donors (Lipinski definition) is 0. The molecule has 6 heteroatoms. The van der Waals surface area contributed by atoms with Crippen molar-refractivity contribution in [1.29, 1.82) is 0 Å². The fourth-order valence-electron chi connectivity index (χ4n) is 4.13. The second-order valence-corrected chi connectivity index (χ2v) is 7.44. The number of carbonyl (C=O) groups is 1. The van der Waals surface area contributed by atoms with Crippen LogP contribution in [0.2, 0.25) is 0 Å². The van der Waals surface area contributed by atoms with Crippen molar-refractivity contribution in [3.8, 4) is 0 Å². The Morgan fingerprint density at radius 2 is 2.12 bits per heavy atom. The summed E-state index contributed by atoms with van der Waals surface area (Å²) in [6.07, 6.45) is 7.18. The predicted octanol–water partition coefficient (Wildman–Crippen LogP) is 2.64. The highest BCUT2D eigenvalue weighted by Gasteiger charge is 2.41. The molecular weight excluding hydrogens is 304 g/mol. The Hall–Kier alpha value is -1.43. The topological polar surface area (TPSA) is 62.5 Å². The molecule has 1 atom stereocenters. The standard InChI is InChI=1S/C18H30N4O2/c1-3-5-11-22-14-18(9-7-17(22)23)8-6-10-21(13-18)12-15-19-16(4-2)24-20-15/h3-14H2,1-2H3/t18-/m1/s1. The maximum Gasteiger partial charge on any atom is 0.226 e. The molecule has 1 spiro atoms. The summed E-state index contributed by atoms with van der Waals surface area (Å²) in [5, 5.41) is 4.09. The quantitative estimate of drug-likeness (QED) is 0.800. The number of likely N-dealkylation sites (tertiary alicyclic amines) is 2. The van der Waals surface area contributed by atoms with Crippen molar-refractivity contribution >= 4 is 5.91 Å². The third kappa shape index (κ3) is 3.97. The monoisotopic (exact) mass is 334 g/mol. The minimum Gasteiger partial charge on any atom is -0.342 e. The highest BCUT2D eigenvalue weighted by atomic mass is 16.5. The number of rotatable bonds is 6. The van der Waals surface area contributed by atoms with Crippen molar-refractivity contribution in [2.45, 2.75) is 65.3 Å². The maximum absolute atomic E-state index is 12.2. The lowest BCUT2D eigenvalue weighted by molar-refractivity contribution is -0.139. The Morgan fingerprint density at radius 1 is 1.25 bits per heavy atom. The number of aryl methyl sites for hydroxylation is 1. The van der Waals surface area contributed by atoms with E-state index in [2.05, 4.69) is 26.9 Å². The van der Waals surface area contributed by atoms with E-state index in [0.29, 0.717) is 18.2 Å². The molecule has 1 aromatic rings. The Morgan fingerprint density at radius 3 is 2.88 bits per heavy atom. The van der Waals surface area contributed by atoms with E-state index in [1.54, 1.807) is 0 Å². The molecule has 0 N–H and O–H groups in total. The molecule has 1 aromatic heterocycles. The normalized spacial score (nSPS) is 25.6. The van der Waals surface area contributed by atoms with Gasteiger partial charge in [0.25, 0.3) is 0 Å². The summed E-state index contributed by atoms with van der Waals surface area (Å²) in [4.78, 5) is 21.2. The number of hydrogen-bond acceptors (Lipinski definition) is 5. The molecule has 134 valence electrons. The molecule has 0 bridgehead atoms. The predicted molar refractivity (Wildman–Crippen MR) is 91.3 cm³/mol. The lowest BCUT2D eigenvalue weighted by Gasteiger charge is -2.48. The van der Waals surface area contributed by atoms with E-state index in [1.807, 2.05) is 6.92 Å². The number of carbonyl (C=O) groups excluding carboxylic acids is 1. The molecule has 2 aliphatic heterocycles. The third-order valence-corrected chi connectivity index (χ3v) is 5.45. The summed E-state index contributed by atoms with van der Waals surface area (Å²) in [5.74, 6) is 1.85. The first kappa shape index (κ1) is 17.4. The van der Waals surface area contributed by atoms with Crippen molar-refractivity contribution in [2.24, 2.45) is 5.41 Å². The van der Waals surface area contributed by atoms with Gasteiger partial charge in [0.15, 0.2) is 5.82 Å². The first-order valence-electron chi connectivity index (χ1n) is 9.46. The lowest BCUT2D eigenvalue weighted by atomic mass is 9.73. The van der Waals surface area contributed by atoms with Gasteiger partial charge in [-0.3, -0.25) is 9.69 Å². The van der Waals surface area contributed by atoms with E-state index in [-0.39, 0.29) is 5.41 Å². The lowest BCUT2D eigenvalue weighted by Crippen LogP contribution is -2.54. The van der Waals surface area contributed by atoms with Gasteiger partial charge in [-0.1, -0.05) is 25.4 Å². The average molecular weight is 334 g/mol. The van der Waals surface area contributed by atoms with E-state index in [4.69, 9.17) is 4.52 Å². The summed E-state index contributed by atoms with van der Waals surface area (Å²) >= 11 is 0. The highest BCUT2D eigenvalue weighted by molar-refractivity contribution is 5.77. The number of nitrogens with zero attached hydrogens (tertiary/aromatic N) is 4. The van der Waals surface area contributed by atoms with Crippen LogP contribution in [0.3, 0.4) is 0 Å². The third-order valence-electron chi connectivity index (χ3n) is 5.45. The van der Waals surface area contributed by atoms with Gasteiger partial charge in [-0.05, 0) is 32.2 Å². The minimum atomic E-state index is 0.261. The van der Waals surface area contributed by atoms with E-state index in [1.165, 1.54) is 12.8 Å². The maximum atomic E-state index is 12.2. The fraction of sp³-hybridized carbons (Fsp3) is 0.833. The van der Waals surface area contributed by atoms with Crippen LogP contribution in [0.15, 0.2) is 4.52 Å². The SMILES string of the molecule is CCCCN1C[C@]2(CCCN(Cc3noc(CC)n3)C2)CCC1=O. The Kier molecular flexibility index (Phi) is 5.54. The molecule has 3 rings (SSSR count). The molecular formula is C18H30N4O2. The Labute approximate surface area is 144 Å². The molecule has 2 fully saturated rings. The van der Waals surface area contributed by atoms with E-state index < -0.39 is 0 Å². The summed E-state index contributed by atoms with van der Waals surface area (Å²) in [6.45, 7) is 8.93. The molecule has 0 radical (unpaired) electrons. The molecule has 3 heterocycles. The summed E-state index contributed by atoms with van der Waals surface area (Å²) in [7, 11) is 0. The van der Waals surface area contributed by atoms with Gasteiger partial charge in [0.1, 0.15) is 0 Å². The summed E-state index contributed by atoms with van der Waals surface area (Å²) < 4.78 is 5.23. The van der Waals surface area contributed by atoms with Gasteiger partial charge in [-0.15, -0.1) is 0 Å². The van der Waals surface area contributed by atoms with Crippen LogP contribution < -0.4 is 0 Å². The number of unbranched alkanes of at least 4 members (excludes halogenated alkanes) is 1. The van der Waals surface area contributed by atoms with Crippen molar-refractivity contribution in [3.05, 3.63) is 11.7 Å². The first-order chi connectivity index (χ1) is 11.6. The molecule has 0 unspecified atom stereocenters. The second-order valence-electron chi connectivity index (χ2n) is 7.44. The smallest absolute Gasteiger partial charge is 0.226 e. The number of aromatic nitrogens is 2. The van der Waals surface area contributed by atoms with Gasteiger partial charge in [-0.25, -0.2) is 0 Å². The zero-order chi connectivity index (χ0) is 17.0. The zero-order valence-electron chi connectivity index (χ0n) is 15.1. The van der Waals surface area contributed by atoms with Crippen molar-refractivity contribution in [3.63, 3.8) is 0 Å². The highest BCUT2D eigenvalue weighted by Crippen LogP contribution is 2.39. The first-order valence-corrected chi connectivity index (χ1v) is 9.46. The van der Waals surface area contributed by atoms with Gasteiger partial charge >= 0.3 is 0 Å². The summed E-state index contributed by atoms with van der Waals surface area (Å²) in [6, 6.07) is 0. The summed E-state index contributed by atoms with van der Waals surface area (Å²) in [5.41, 5.74) is 0.261. The molecule has 0 aliphatic carbocycles. The molecule has 0 aromatic carbocycles. The Balaban J connectivity index is 1.62. The van der Waals surface area contributed by atoms with Gasteiger partial charge in [0.2, 0.25) is 11.8 Å². The molecule has 2 saturated heterocycles. The largest absolute Gasteiger partial charge is 0.342 e. The molecule has 1 amide bonds. The van der Waals surface area contributed by atoms with Gasteiger partial charge in [0, 0.05) is 37.9 Å². The second kappa shape index (κ2) is 7.64. The molecule has 2 aliphatic rings. The van der Waals surface area contributed by atoms with Crippen molar-refractivity contribution in [1.82, 2.24) is 19.9 Å². The molecule has 6 nitrogen and oxygen atoms in total. The van der Waals surface area contributed by atoms with Crippen LogP contribution in [-0.2, 0) is 17.8 Å². The van der Waals surface area contributed by atoms with Crippen LogP contribution in [0.5, 0.6) is 0 Å². The van der Waals surface area contributed by atoms with Crippen LogP contribution in [-0.4, -0.2) is 52.0 Å². The van der Waals surface area contributed by atoms with Gasteiger partial charge in [-0.2, -0.15) is 4.98 Å². The van der Waals surface area contributed by atoms with Crippen LogP contribution >= 0.6 is 0 Å². The number of amides is 1. The van der Waals surface area contributed by atoms with Crippen LogP contribution in [0, 0.1) is 5.41 Å². The van der Waals surface area contributed by atoms with E-state index in [0.717, 1.165) is 64.2 Å². The van der Waals surface area contributed by atoms with Gasteiger partial charge < -0.3 is 9.42 Å². The zero-order valence-corrected chi connectivity index (χ0v) is 15.1. The Bertz CT molecular complexity index is 559. The fourth-order valence-corrected chi connectivity index (χ4v) is 4.13. The van der Waals surface area contributed by atoms with Crippen LogP contribution in [0.1, 0.15) is 64.1 Å².